The van der Waals surface area contributed by atoms with Gasteiger partial charge >= 0.3 is 8.80 Å². The number of hydrogen-bond donors (Lipinski definition) is 0. The van der Waals surface area contributed by atoms with Crippen LogP contribution in [0.25, 0.3) is 0 Å². The summed E-state index contributed by atoms with van der Waals surface area (Å²) in [6.07, 6.45) is 5.20. The molecule has 0 bridgehead atoms. The van der Waals surface area contributed by atoms with Crippen molar-refractivity contribution in [2.45, 2.75) is 59.8 Å². The zero-order valence-corrected chi connectivity index (χ0v) is 13.4. The Morgan fingerprint density at radius 1 is 1.06 bits per heavy atom. The Morgan fingerprint density at radius 3 is 2.11 bits per heavy atom. The minimum absolute atomic E-state index is 0.343. The fraction of sp³-hybridized carbons (Fsp3) is 0.846. The normalized spacial score (nSPS) is 14.1. The molecule has 0 saturated carbocycles. The lowest BCUT2D eigenvalue weighted by atomic mass is 10.5. The van der Waals surface area contributed by atoms with Gasteiger partial charge in [0.25, 0.3) is 0 Å². The minimum Gasteiger partial charge on any atom is -0.474 e. The molecule has 0 N–H and O–H groups in total. The summed E-state index contributed by atoms with van der Waals surface area (Å²) < 4.78 is 22.9. The van der Waals surface area contributed by atoms with E-state index in [1.54, 1.807) is 6.26 Å². The molecule has 0 rings (SSSR count). The van der Waals surface area contributed by atoms with Crippen LogP contribution in [0.5, 0.6) is 0 Å². The molecule has 4 nitrogen and oxygen atoms in total. The standard InChI is InChI=1S/C13H28O4Si/c1-6-10-11-14-13(5)17-18(12-7-2,15-8-3)16-9-4/h10-11,13H,6-9,12H2,1-5H3. The van der Waals surface area contributed by atoms with Gasteiger partial charge in [0.1, 0.15) is 0 Å². The second kappa shape index (κ2) is 10.5. The van der Waals surface area contributed by atoms with Gasteiger partial charge in [0.15, 0.2) is 6.29 Å². The monoisotopic (exact) mass is 276 g/mol. The fourth-order valence-electron chi connectivity index (χ4n) is 1.60. The van der Waals surface area contributed by atoms with Crippen molar-refractivity contribution >= 4 is 8.80 Å². The smallest absolute Gasteiger partial charge is 0.474 e. The van der Waals surface area contributed by atoms with E-state index in [1.807, 2.05) is 26.8 Å². The molecule has 0 aliphatic carbocycles. The molecule has 0 fully saturated rings. The van der Waals surface area contributed by atoms with Crippen LogP contribution >= 0.6 is 0 Å². The van der Waals surface area contributed by atoms with Gasteiger partial charge in [-0.2, -0.15) is 0 Å². The van der Waals surface area contributed by atoms with E-state index in [-0.39, 0.29) is 6.29 Å². The van der Waals surface area contributed by atoms with E-state index < -0.39 is 8.80 Å². The molecule has 0 aromatic carbocycles. The van der Waals surface area contributed by atoms with Gasteiger partial charge in [-0.25, -0.2) is 0 Å². The molecular formula is C13H28O4Si. The first-order valence-electron chi connectivity index (χ1n) is 6.90. The molecule has 5 heteroatoms. The first kappa shape index (κ1) is 17.6. The molecule has 0 spiro atoms. The van der Waals surface area contributed by atoms with Crippen LogP contribution in [-0.2, 0) is 18.0 Å². The Balaban J connectivity index is 4.47. The molecule has 0 aliphatic rings. The van der Waals surface area contributed by atoms with Gasteiger partial charge < -0.3 is 18.0 Å². The number of ether oxygens (including phenoxy) is 1. The molecule has 0 heterocycles. The summed E-state index contributed by atoms with van der Waals surface area (Å²) in [6, 6.07) is 0.819. The lowest BCUT2D eigenvalue weighted by molar-refractivity contribution is -0.0721. The summed E-state index contributed by atoms with van der Waals surface area (Å²) in [7, 11) is -2.58. The molecule has 0 aromatic rings. The Hall–Kier alpha value is -0.363. The van der Waals surface area contributed by atoms with Crippen molar-refractivity contribution in [3.05, 3.63) is 12.3 Å². The van der Waals surface area contributed by atoms with Crippen molar-refractivity contribution in [3.8, 4) is 0 Å². The summed E-state index contributed by atoms with van der Waals surface area (Å²) in [5, 5.41) is 0. The zero-order chi connectivity index (χ0) is 13.9. The van der Waals surface area contributed by atoms with E-state index in [0.717, 1.165) is 18.9 Å². The second-order valence-corrected chi connectivity index (χ2v) is 6.58. The van der Waals surface area contributed by atoms with Crippen molar-refractivity contribution < 1.29 is 18.0 Å². The third-order valence-corrected chi connectivity index (χ3v) is 5.49. The van der Waals surface area contributed by atoms with E-state index in [1.165, 1.54) is 0 Å². The van der Waals surface area contributed by atoms with Crippen molar-refractivity contribution in [2.75, 3.05) is 13.2 Å². The Morgan fingerprint density at radius 2 is 1.67 bits per heavy atom. The van der Waals surface area contributed by atoms with Crippen LogP contribution in [0, 0.1) is 0 Å². The van der Waals surface area contributed by atoms with Crippen molar-refractivity contribution in [1.29, 1.82) is 0 Å². The van der Waals surface area contributed by atoms with Crippen LogP contribution in [0.15, 0.2) is 12.3 Å². The first-order chi connectivity index (χ1) is 8.64. The summed E-state index contributed by atoms with van der Waals surface area (Å²) in [4.78, 5) is 0. The number of rotatable bonds is 11. The Bertz CT molecular complexity index is 204. The lowest BCUT2D eigenvalue weighted by Crippen LogP contribution is -2.48. The van der Waals surface area contributed by atoms with E-state index in [0.29, 0.717) is 13.2 Å². The van der Waals surface area contributed by atoms with Crippen LogP contribution in [0.1, 0.15) is 47.5 Å². The average molecular weight is 276 g/mol. The van der Waals surface area contributed by atoms with Crippen LogP contribution in [0.2, 0.25) is 6.04 Å². The van der Waals surface area contributed by atoms with Gasteiger partial charge in [0.05, 0.1) is 6.26 Å². The van der Waals surface area contributed by atoms with Gasteiger partial charge in [-0.15, -0.1) is 0 Å². The summed E-state index contributed by atoms with van der Waals surface area (Å²) >= 11 is 0. The van der Waals surface area contributed by atoms with Gasteiger partial charge in [-0.1, -0.05) is 20.3 Å². The molecule has 0 aromatic heterocycles. The minimum atomic E-state index is -2.58. The summed E-state index contributed by atoms with van der Waals surface area (Å²) in [5.41, 5.74) is 0. The third kappa shape index (κ3) is 7.16. The maximum Gasteiger partial charge on any atom is 0.503 e. The van der Waals surface area contributed by atoms with E-state index in [4.69, 9.17) is 18.0 Å². The molecule has 0 amide bonds. The molecule has 0 saturated heterocycles. The van der Waals surface area contributed by atoms with Gasteiger partial charge in [0.2, 0.25) is 0 Å². The van der Waals surface area contributed by atoms with Crippen LogP contribution in [0.3, 0.4) is 0 Å². The summed E-state index contributed by atoms with van der Waals surface area (Å²) in [5.74, 6) is 0. The van der Waals surface area contributed by atoms with Crippen LogP contribution in [-0.4, -0.2) is 28.3 Å². The second-order valence-electron chi connectivity index (χ2n) is 3.90. The number of allylic oxidation sites excluding steroid dienone is 1. The Labute approximate surface area is 113 Å². The molecule has 1 unspecified atom stereocenters. The van der Waals surface area contributed by atoms with Crippen molar-refractivity contribution in [1.82, 2.24) is 0 Å². The maximum atomic E-state index is 5.93. The highest BCUT2D eigenvalue weighted by Gasteiger charge is 2.41. The van der Waals surface area contributed by atoms with E-state index >= 15 is 0 Å². The van der Waals surface area contributed by atoms with Gasteiger partial charge in [-0.3, -0.25) is 0 Å². The van der Waals surface area contributed by atoms with Crippen LogP contribution < -0.4 is 0 Å². The topological polar surface area (TPSA) is 36.9 Å². The highest BCUT2D eigenvalue weighted by Crippen LogP contribution is 2.20. The van der Waals surface area contributed by atoms with Gasteiger partial charge in [-0.05, 0) is 33.3 Å². The van der Waals surface area contributed by atoms with Gasteiger partial charge in [0, 0.05) is 19.3 Å². The molecule has 0 radical (unpaired) electrons. The quantitative estimate of drug-likeness (QED) is 0.327. The van der Waals surface area contributed by atoms with E-state index in [9.17, 15) is 0 Å². The highest BCUT2D eigenvalue weighted by atomic mass is 28.4. The average Bonchev–Trinajstić information content (AvgIpc) is 2.30. The molecule has 108 valence electrons. The first-order valence-corrected chi connectivity index (χ1v) is 8.83. The fourth-order valence-corrected chi connectivity index (χ4v) is 4.28. The molecule has 18 heavy (non-hydrogen) atoms. The zero-order valence-electron chi connectivity index (χ0n) is 12.4. The molecule has 1 atom stereocenters. The van der Waals surface area contributed by atoms with Crippen LogP contribution in [0.4, 0.5) is 0 Å². The van der Waals surface area contributed by atoms with Crippen molar-refractivity contribution in [3.63, 3.8) is 0 Å². The van der Waals surface area contributed by atoms with Crippen molar-refractivity contribution in [2.24, 2.45) is 0 Å². The van der Waals surface area contributed by atoms with E-state index in [2.05, 4.69) is 13.8 Å². The number of hydrogen-bond acceptors (Lipinski definition) is 4. The summed E-state index contributed by atoms with van der Waals surface area (Å²) in [6.45, 7) is 11.2. The molecule has 0 aliphatic heterocycles. The third-order valence-electron chi connectivity index (χ3n) is 2.23. The predicted octanol–water partition coefficient (Wildman–Crippen LogP) is 3.71. The lowest BCUT2D eigenvalue weighted by Gasteiger charge is -2.30. The predicted molar refractivity (Wildman–Crippen MR) is 75.2 cm³/mol. The SMILES string of the molecule is CCC=COC(C)O[Si](CCC)(OCC)OCC. The Kier molecular flexibility index (Phi) is 10.3. The maximum absolute atomic E-state index is 5.93. The molecular weight excluding hydrogens is 248 g/mol. The largest absolute Gasteiger partial charge is 0.503 e. The highest BCUT2D eigenvalue weighted by molar-refractivity contribution is 6.60.